The number of nitrogens with zero attached hydrogens (tertiary/aromatic N) is 4. The highest BCUT2D eigenvalue weighted by Gasteiger charge is 2.12. The summed E-state index contributed by atoms with van der Waals surface area (Å²) in [5.41, 5.74) is 1.42. The van der Waals surface area contributed by atoms with Crippen molar-refractivity contribution < 1.29 is 9.53 Å². The summed E-state index contributed by atoms with van der Waals surface area (Å²) in [6.07, 6.45) is 3.45. The van der Waals surface area contributed by atoms with Gasteiger partial charge in [-0.15, -0.1) is 10.2 Å². The van der Waals surface area contributed by atoms with E-state index in [1.54, 1.807) is 12.3 Å². The van der Waals surface area contributed by atoms with Crippen LogP contribution < -0.4 is 0 Å². The molecular weight excluding hydrogens is 244 g/mol. The predicted molar refractivity (Wildman–Crippen MR) is 69.3 cm³/mol. The zero-order chi connectivity index (χ0) is 13.1. The van der Waals surface area contributed by atoms with E-state index in [0.717, 1.165) is 57.0 Å². The van der Waals surface area contributed by atoms with Gasteiger partial charge in [0.2, 0.25) is 0 Å². The van der Waals surface area contributed by atoms with Gasteiger partial charge in [0.25, 0.3) is 0 Å². The van der Waals surface area contributed by atoms with Crippen LogP contribution in [-0.2, 0) is 11.2 Å². The van der Waals surface area contributed by atoms with Crippen molar-refractivity contribution >= 4 is 11.9 Å². The summed E-state index contributed by atoms with van der Waals surface area (Å²) in [7, 11) is 0. The van der Waals surface area contributed by atoms with Crippen molar-refractivity contribution in [1.29, 1.82) is 0 Å². The molecule has 0 amide bonds. The third kappa shape index (κ3) is 2.64. The van der Waals surface area contributed by atoms with Crippen LogP contribution in [0, 0.1) is 0 Å². The molecule has 1 fully saturated rings. The molecular formula is C13H16N4O2. The fraction of sp³-hybridized carbons (Fsp3) is 0.462. The van der Waals surface area contributed by atoms with Crippen LogP contribution in [0.4, 0.5) is 0 Å². The topological polar surface area (TPSA) is 59.7 Å². The number of morpholine rings is 1. The lowest BCUT2D eigenvalue weighted by atomic mass is 10.3. The first-order chi connectivity index (χ1) is 9.36. The molecule has 0 saturated carbocycles. The van der Waals surface area contributed by atoms with Crippen LogP contribution in [0.5, 0.6) is 0 Å². The maximum atomic E-state index is 10.8. The third-order valence-corrected chi connectivity index (χ3v) is 3.39. The van der Waals surface area contributed by atoms with Crippen LogP contribution in [0.3, 0.4) is 0 Å². The average Bonchev–Trinajstić information content (AvgIpc) is 2.88. The summed E-state index contributed by atoms with van der Waals surface area (Å²) in [6.45, 7) is 4.48. The van der Waals surface area contributed by atoms with Crippen molar-refractivity contribution in [3.05, 3.63) is 29.7 Å². The Morgan fingerprint density at radius 3 is 2.89 bits per heavy atom. The first kappa shape index (κ1) is 12.3. The molecule has 0 N–H and O–H groups in total. The minimum Gasteiger partial charge on any atom is -0.379 e. The maximum absolute atomic E-state index is 10.8. The van der Waals surface area contributed by atoms with Crippen molar-refractivity contribution in [3.63, 3.8) is 0 Å². The van der Waals surface area contributed by atoms with Crippen LogP contribution >= 0.6 is 0 Å². The maximum Gasteiger partial charge on any atom is 0.160 e. The van der Waals surface area contributed by atoms with E-state index in [1.165, 1.54) is 0 Å². The third-order valence-electron chi connectivity index (χ3n) is 3.39. The molecule has 2 aromatic rings. The van der Waals surface area contributed by atoms with Crippen molar-refractivity contribution in [1.82, 2.24) is 19.5 Å². The lowest BCUT2D eigenvalue weighted by Crippen LogP contribution is -2.37. The van der Waals surface area contributed by atoms with Gasteiger partial charge in [0.05, 0.1) is 13.2 Å². The molecule has 0 atom stereocenters. The highest BCUT2D eigenvalue weighted by Crippen LogP contribution is 2.07. The average molecular weight is 260 g/mol. The van der Waals surface area contributed by atoms with Gasteiger partial charge in [-0.1, -0.05) is 0 Å². The molecule has 1 aliphatic rings. The van der Waals surface area contributed by atoms with Gasteiger partial charge in [0, 0.05) is 37.8 Å². The molecule has 0 radical (unpaired) electrons. The van der Waals surface area contributed by atoms with Gasteiger partial charge in [-0.2, -0.15) is 0 Å². The van der Waals surface area contributed by atoms with Crippen molar-refractivity contribution in [2.45, 2.75) is 6.42 Å². The molecule has 6 heteroatoms. The molecule has 6 nitrogen and oxygen atoms in total. The summed E-state index contributed by atoms with van der Waals surface area (Å²) < 4.78 is 7.22. The lowest BCUT2D eigenvalue weighted by Gasteiger charge is -2.26. The van der Waals surface area contributed by atoms with Crippen LogP contribution in [0.1, 0.15) is 16.2 Å². The van der Waals surface area contributed by atoms with Gasteiger partial charge in [0.15, 0.2) is 11.9 Å². The predicted octanol–water partition coefficient (Wildman–Crippen LogP) is 0.416. The van der Waals surface area contributed by atoms with Gasteiger partial charge in [-0.05, 0) is 12.1 Å². The number of pyridine rings is 1. The highest BCUT2D eigenvalue weighted by atomic mass is 16.5. The Kier molecular flexibility index (Phi) is 3.52. The number of carbonyl (C=O) groups is 1. The monoisotopic (exact) mass is 260 g/mol. The minimum atomic E-state index is 0.639. The molecule has 100 valence electrons. The number of hydrogen-bond donors (Lipinski definition) is 0. The smallest absolute Gasteiger partial charge is 0.160 e. The molecule has 3 rings (SSSR count). The van der Waals surface area contributed by atoms with E-state index in [9.17, 15) is 4.79 Å². The number of aldehydes is 1. The second-order valence-corrected chi connectivity index (χ2v) is 4.63. The van der Waals surface area contributed by atoms with Crippen LogP contribution in [0.15, 0.2) is 18.3 Å². The fourth-order valence-corrected chi connectivity index (χ4v) is 2.28. The molecule has 2 aromatic heterocycles. The highest BCUT2D eigenvalue weighted by molar-refractivity contribution is 5.74. The number of fused-ring (bicyclic) bond motifs is 1. The minimum absolute atomic E-state index is 0.639. The van der Waals surface area contributed by atoms with Gasteiger partial charge >= 0.3 is 0 Å². The van der Waals surface area contributed by atoms with E-state index in [-0.39, 0.29) is 0 Å². The van der Waals surface area contributed by atoms with Crippen molar-refractivity contribution in [2.75, 3.05) is 32.8 Å². The summed E-state index contributed by atoms with van der Waals surface area (Å²) >= 11 is 0. The second-order valence-electron chi connectivity index (χ2n) is 4.63. The number of carbonyl (C=O) groups excluding carboxylic acids is 1. The first-order valence-electron chi connectivity index (χ1n) is 6.46. The summed E-state index contributed by atoms with van der Waals surface area (Å²) in [5.74, 6) is 0.894. The molecule has 1 aliphatic heterocycles. The van der Waals surface area contributed by atoms with Crippen LogP contribution in [0.2, 0.25) is 0 Å². The van der Waals surface area contributed by atoms with E-state index in [0.29, 0.717) is 5.56 Å². The molecule has 1 saturated heterocycles. The largest absolute Gasteiger partial charge is 0.379 e. The van der Waals surface area contributed by atoms with E-state index in [4.69, 9.17) is 4.74 Å². The first-order valence-corrected chi connectivity index (χ1v) is 6.46. The Morgan fingerprint density at radius 2 is 2.11 bits per heavy atom. The van der Waals surface area contributed by atoms with Gasteiger partial charge in [0.1, 0.15) is 5.82 Å². The summed E-state index contributed by atoms with van der Waals surface area (Å²) in [5, 5.41) is 8.31. The molecule has 0 bridgehead atoms. The van der Waals surface area contributed by atoms with E-state index in [2.05, 4.69) is 15.1 Å². The molecule has 3 heterocycles. The number of rotatable bonds is 4. The van der Waals surface area contributed by atoms with Gasteiger partial charge in [-0.3, -0.25) is 14.1 Å². The van der Waals surface area contributed by atoms with E-state index >= 15 is 0 Å². The van der Waals surface area contributed by atoms with Crippen molar-refractivity contribution in [2.24, 2.45) is 0 Å². The standard InChI is InChI=1S/C13H16N4O2/c18-10-11-1-2-12-14-15-13(17(12)9-11)3-4-16-5-7-19-8-6-16/h1-2,9-10H,3-8H2. The molecule has 19 heavy (non-hydrogen) atoms. The molecule has 0 unspecified atom stereocenters. The Hall–Kier alpha value is -1.79. The number of aromatic nitrogens is 3. The second kappa shape index (κ2) is 5.46. The van der Waals surface area contributed by atoms with Crippen LogP contribution in [0.25, 0.3) is 5.65 Å². The zero-order valence-electron chi connectivity index (χ0n) is 10.7. The van der Waals surface area contributed by atoms with E-state index in [1.807, 2.05) is 10.5 Å². The normalized spacial score (nSPS) is 16.8. The Morgan fingerprint density at radius 1 is 1.26 bits per heavy atom. The Labute approximate surface area is 111 Å². The number of ether oxygens (including phenoxy) is 1. The zero-order valence-corrected chi connectivity index (χ0v) is 10.7. The van der Waals surface area contributed by atoms with Gasteiger partial charge < -0.3 is 4.74 Å². The Bertz CT molecular complexity index is 575. The van der Waals surface area contributed by atoms with Crippen LogP contribution in [-0.4, -0.2) is 58.6 Å². The van der Waals surface area contributed by atoms with E-state index < -0.39 is 0 Å². The fourth-order valence-electron chi connectivity index (χ4n) is 2.28. The summed E-state index contributed by atoms with van der Waals surface area (Å²) in [4.78, 5) is 13.2. The van der Waals surface area contributed by atoms with Gasteiger partial charge in [-0.25, -0.2) is 0 Å². The SMILES string of the molecule is O=Cc1ccc2nnc(CCN3CCOCC3)n2c1. The van der Waals surface area contributed by atoms with Crippen molar-refractivity contribution in [3.8, 4) is 0 Å². The summed E-state index contributed by atoms with van der Waals surface area (Å²) in [6, 6.07) is 3.57. The molecule has 0 aromatic carbocycles. The Balaban J connectivity index is 1.74. The molecule has 0 spiro atoms. The lowest BCUT2D eigenvalue weighted by molar-refractivity contribution is 0.0382. The number of hydrogen-bond acceptors (Lipinski definition) is 5. The molecule has 0 aliphatic carbocycles. The quantitative estimate of drug-likeness (QED) is 0.745.